The van der Waals surface area contributed by atoms with Crippen molar-refractivity contribution in [1.82, 2.24) is 0 Å². The van der Waals surface area contributed by atoms with Crippen molar-refractivity contribution < 1.29 is 19.5 Å². The summed E-state index contributed by atoms with van der Waals surface area (Å²) < 4.78 is 0. The van der Waals surface area contributed by atoms with E-state index >= 15 is 0 Å². The van der Waals surface area contributed by atoms with Crippen molar-refractivity contribution in [3.05, 3.63) is 14.4 Å². The number of hydrogen-bond donors (Lipinski definition) is 0. The average Bonchev–Trinajstić information content (AvgIpc) is 1.61. The molecule has 0 saturated heterocycles. The third-order valence-electron chi connectivity index (χ3n) is 0.854. The number of unbranched alkanes of at least 4 members (excludes halogenated alkanes) is 3. The van der Waals surface area contributed by atoms with Gasteiger partial charge in [0.15, 0.2) is 0 Å². The molecule has 0 aliphatic carbocycles. The first-order valence-electron chi connectivity index (χ1n) is 2.71. The minimum absolute atomic E-state index is 0. The number of halogens is 1. The topological polar surface area (TPSA) is 0 Å². The van der Waals surface area contributed by atoms with Crippen molar-refractivity contribution in [3.8, 4) is 0 Å². The average molecular weight is 202 g/mol. The summed E-state index contributed by atoms with van der Waals surface area (Å²) in [5, 5.41) is 0. The molecule has 0 aromatic heterocycles. The van der Waals surface area contributed by atoms with Crippen LogP contribution >= 0.6 is 12.4 Å². The van der Waals surface area contributed by atoms with Crippen LogP contribution < -0.4 is 0 Å². The zero-order valence-corrected chi connectivity index (χ0v) is 10.4. The third kappa shape index (κ3) is 27.8. The maximum atomic E-state index is 3.72. The van der Waals surface area contributed by atoms with E-state index in [1.165, 1.54) is 19.3 Å². The van der Waals surface area contributed by atoms with Gasteiger partial charge in [0.1, 0.15) is 0 Å². The van der Waals surface area contributed by atoms with Gasteiger partial charge in [-0.3, -0.25) is 0 Å². The molecule has 0 radical (unpaired) electrons. The van der Waals surface area contributed by atoms with E-state index in [4.69, 9.17) is 0 Å². The summed E-state index contributed by atoms with van der Waals surface area (Å²) in [5.41, 5.74) is 0. The molecule has 0 aromatic carbocycles. The van der Waals surface area contributed by atoms with E-state index in [1.54, 1.807) is 0 Å². The van der Waals surface area contributed by atoms with Crippen LogP contribution in [0.15, 0.2) is 0 Å². The Bertz CT molecular complexity index is 20.9. The molecule has 0 fully saturated rings. The van der Waals surface area contributed by atoms with E-state index in [2.05, 4.69) is 13.8 Å². The molecule has 0 amide bonds. The van der Waals surface area contributed by atoms with Crippen LogP contribution in [0.1, 0.15) is 32.6 Å². The Hall–Kier alpha value is 0.913. The van der Waals surface area contributed by atoms with Crippen molar-refractivity contribution in [2.24, 2.45) is 0 Å². The molecule has 0 atom stereocenters. The minimum atomic E-state index is 0. The van der Waals surface area contributed by atoms with E-state index in [9.17, 15) is 0 Å². The standard InChI is InChI=1S/C6H13.CH3.ClH.Zn/c1-3-5-6-4-2;;;/h1,3-6H2,2H3;1H3;1H;/q2*-1;;+2. The fourth-order valence-corrected chi connectivity index (χ4v) is 0.427. The first kappa shape index (κ1) is 22.5. The molecule has 0 aliphatic heterocycles. The van der Waals surface area contributed by atoms with Crippen LogP contribution in [-0.4, -0.2) is 0 Å². The summed E-state index contributed by atoms with van der Waals surface area (Å²) in [6, 6.07) is 0. The van der Waals surface area contributed by atoms with E-state index in [1.807, 2.05) is 0 Å². The second-order valence-corrected chi connectivity index (χ2v) is 1.56. The molecule has 0 bridgehead atoms. The zero-order valence-electron chi connectivity index (χ0n) is 6.65. The quantitative estimate of drug-likeness (QED) is 0.374. The van der Waals surface area contributed by atoms with Gasteiger partial charge >= 0.3 is 19.5 Å². The van der Waals surface area contributed by atoms with Crippen molar-refractivity contribution in [3.63, 3.8) is 0 Å². The van der Waals surface area contributed by atoms with Gasteiger partial charge in [0, 0.05) is 0 Å². The molecule has 0 N–H and O–H groups in total. The Morgan fingerprint density at radius 1 is 1.22 bits per heavy atom. The van der Waals surface area contributed by atoms with Crippen LogP contribution in [0.2, 0.25) is 0 Å². The molecule has 0 unspecified atom stereocenters. The van der Waals surface area contributed by atoms with Gasteiger partial charge in [0.25, 0.3) is 0 Å². The van der Waals surface area contributed by atoms with E-state index < -0.39 is 0 Å². The summed E-state index contributed by atoms with van der Waals surface area (Å²) in [7, 11) is 0. The SMILES string of the molecule is Cl.[CH2-]CCCCC.[CH3-].[Zn+2]. The Labute approximate surface area is 79.0 Å². The van der Waals surface area contributed by atoms with Crippen LogP contribution in [0.4, 0.5) is 0 Å². The van der Waals surface area contributed by atoms with Crippen molar-refractivity contribution >= 4 is 12.4 Å². The number of rotatable bonds is 3. The van der Waals surface area contributed by atoms with Crippen molar-refractivity contribution in [2.75, 3.05) is 0 Å². The maximum absolute atomic E-state index is 3.72. The normalized spacial score (nSPS) is 6.00. The maximum Gasteiger partial charge on any atom is 2.00 e. The third-order valence-corrected chi connectivity index (χ3v) is 0.854. The van der Waals surface area contributed by atoms with Gasteiger partial charge in [-0.2, -0.15) is 6.42 Å². The first-order chi connectivity index (χ1) is 2.91. The smallest absolute Gasteiger partial charge is 0.358 e. The predicted octanol–water partition coefficient (Wildman–Crippen LogP) is 3.27. The van der Waals surface area contributed by atoms with E-state index in [0.29, 0.717) is 0 Å². The summed E-state index contributed by atoms with van der Waals surface area (Å²) in [5.74, 6) is 0. The molecule has 0 aromatic rings. The van der Waals surface area contributed by atoms with Crippen molar-refractivity contribution in [1.29, 1.82) is 0 Å². The van der Waals surface area contributed by atoms with E-state index in [0.717, 1.165) is 6.42 Å². The molecule has 0 heterocycles. The van der Waals surface area contributed by atoms with Crippen LogP contribution in [0.25, 0.3) is 0 Å². The fraction of sp³-hybridized carbons (Fsp3) is 0.714. The molecule has 0 nitrogen and oxygen atoms in total. The molecular weight excluding hydrogens is 185 g/mol. The van der Waals surface area contributed by atoms with Gasteiger partial charge in [0.2, 0.25) is 0 Å². The predicted molar refractivity (Wildman–Crippen MR) is 43.2 cm³/mol. The molecule has 0 saturated carbocycles. The Morgan fingerprint density at radius 3 is 1.78 bits per heavy atom. The Kier molecular flexibility index (Phi) is 57.9. The summed E-state index contributed by atoms with van der Waals surface area (Å²) in [6.45, 7) is 5.93. The summed E-state index contributed by atoms with van der Waals surface area (Å²) >= 11 is 0. The Morgan fingerprint density at radius 2 is 1.67 bits per heavy atom. The molecule has 0 spiro atoms. The van der Waals surface area contributed by atoms with Crippen LogP contribution in [0.3, 0.4) is 0 Å². The van der Waals surface area contributed by atoms with Crippen LogP contribution in [0, 0.1) is 14.4 Å². The van der Waals surface area contributed by atoms with Crippen molar-refractivity contribution in [2.45, 2.75) is 32.6 Å². The molecule has 0 aliphatic rings. The summed E-state index contributed by atoms with van der Waals surface area (Å²) in [6.07, 6.45) is 5.07. The second-order valence-electron chi connectivity index (χ2n) is 1.56. The molecule has 2 heteroatoms. The van der Waals surface area contributed by atoms with E-state index in [-0.39, 0.29) is 39.3 Å². The summed E-state index contributed by atoms with van der Waals surface area (Å²) in [4.78, 5) is 0. The minimum Gasteiger partial charge on any atom is -0.358 e. The molecule has 9 heavy (non-hydrogen) atoms. The van der Waals surface area contributed by atoms with Gasteiger partial charge in [0.05, 0.1) is 0 Å². The van der Waals surface area contributed by atoms with Gasteiger partial charge in [-0.05, 0) is 0 Å². The zero-order chi connectivity index (χ0) is 4.83. The van der Waals surface area contributed by atoms with Gasteiger partial charge in [-0.25, -0.2) is 0 Å². The van der Waals surface area contributed by atoms with Gasteiger partial charge in [-0.15, -0.1) is 12.4 Å². The number of hydrogen-bond acceptors (Lipinski definition) is 0. The van der Waals surface area contributed by atoms with Crippen LogP contribution in [-0.2, 0) is 19.5 Å². The largest absolute Gasteiger partial charge is 2.00 e. The molecule has 54 valence electrons. The first-order valence-corrected chi connectivity index (χ1v) is 2.71. The fourth-order valence-electron chi connectivity index (χ4n) is 0.427. The van der Waals surface area contributed by atoms with Gasteiger partial charge < -0.3 is 14.4 Å². The van der Waals surface area contributed by atoms with Gasteiger partial charge in [-0.1, -0.05) is 26.2 Å². The molecule has 0 rings (SSSR count). The van der Waals surface area contributed by atoms with Crippen LogP contribution in [0.5, 0.6) is 0 Å². The Balaban J connectivity index is -0.0000000417. The second kappa shape index (κ2) is 23.1. The molecular formula is C7H17ClZn. The monoisotopic (exact) mass is 200 g/mol.